The third kappa shape index (κ3) is 7.11. The molecule has 0 heterocycles. The van der Waals surface area contributed by atoms with Gasteiger partial charge in [-0.15, -0.1) is 12.4 Å². The van der Waals surface area contributed by atoms with Crippen LogP contribution in [0.3, 0.4) is 0 Å². The van der Waals surface area contributed by atoms with E-state index in [4.69, 9.17) is 4.74 Å². The largest absolute Gasteiger partial charge is 0.469 e. The van der Waals surface area contributed by atoms with Crippen molar-refractivity contribution in [3.05, 3.63) is 35.4 Å². The Morgan fingerprint density at radius 2 is 2.05 bits per heavy atom. The van der Waals surface area contributed by atoms with E-state index in [-0.39, 0.29) is 43.3 Å². The first-order valence-electron chi connectivity index (χ1n) is 6.61. The minimum absolute atomic E-state index is 0. The van der Waals surface area contributed by atoms with Gasteiger partial charge in [-0.2, -0.15) is 0 Å². The van der Waals surface area contributed by atoms with Gasteiger partial charge in [-0.05, 0) is 26.0 Å². The van der Waals surface area contributed by atoms with E-state index in [1.165, 1.54) is 7.11 Å². The summed E-state index contributed by atoms with van der Waals surface area (Å²) in [6.45, 7) is 2.52. The van der Waals surface area contributed by atoms with E-state index in [1.54, 1.807) is 7.05 Å². The number of hydrogen-bond acceptors (Lipinski definition) is 4. The Labute approximate surface area is 131 Å². The topological polar surface area (TPSA) is 67.4 Å². The molecule has 0 radical (unpaired) electrons. The van der Waals surface area contributed by atoms with Crippen molar-refractivity contribution < 1.29 is 14.3 Å². The van der Waals surface area contributed by atoms with Gasteiger partial charge in [0.25, 0.3) is 0 Å². The van der Waals surface area contributed by atoms with Gasteiger partial charge in [-0.1, -0.05) is 29.8 Å². The number of methoxy groups -OCH3 is 1. The molecule has 0 aliphatic rings. The normalized spacial score (nSPS) is 11.2. The van der Waals surface area contributed by atoms with E-state index in [0.717, 1.165) is 11.1 Å². The smallest absolute Gasteiger partial charge is 0.310 e. The van der Waals surface area contributed by atoms with Gasteiger partial charge in [0.15, 0.2) is 0 Å². The molecule has 1 rings (SSSR count). The van der Waals surface area contributed by atoms with Gasteiger partial charge >= 0.3 is 5.97 Å². The molecule has 0 aromatic heterocycles. The lowest BCUT2D eigenvalue weighted by Crippen LogP contribution is -2.38. The summed E-state index contributed by atoms with van der Waals surface area (Å²) in [6.07, 6.45) is 0.550. The van der Waals surface area contributed by atoms with Crippen LogP contribution in [0.15, 0.2) is 24.3 Å². The lowest BCUT2D eigenvalue weighted by molar-refractivity contribution is -0.145. The number of aryl methyl sites for hydroxylation is 1. The zero-order chi connectivity index (χ0) is 15.0. The van der Waals surface area contributed by atoms with E-state index in [1.807, 2.05) is 31.2 Å². The number of carbonyl (C=O) groups is 2. The summed E-state index contributed by atoms with van der Waals surface area (Å²) in [5, 5.41) is 5.49. The Morgan fingerprint density at radius 1 is 1.33 bits per heavy atom. The highest BCUT2D eigenvalue weighted by molar-refractivity contribution is 5.85. The van der Waals surface area contributed by atoms with Crippen LogP contribution < -0.4 is 10.6 Å². The molecule has 21 heavy (non-hydrogen) atoms. The molecule has 0 fully saturated rings. The third-order valence-corrected chi connectivity index (χ3v) is 2.98. The second-order valence-corrected chi connectivity index (χ2v) is 4.75. The highest BCUT2D eigenvalue weighted by Crippen LogP contribution is 2.11. The summed E-state index contributed by atoms with van der Waals surface area (Å²) in [6, 6.07) is 7.97. The van der Waals surface area contributed by atoms with Crippen LogP contribution >= 0.6 is 12.4 Å². The maximum atomic E-state index is 11.8. The molecule has 1 aromatic carbocycles. The van der Waals surface area contributed by atoms with Crippen molar-refractivity contribution in [1.82, 2.24) is 10.6 Å². The van der Waals surface area contributed by atoms with E-state index >= 15 is 0 Å². The molecule has 1 unspecified atom stereocenters. The first-order valence-corrected chi connectivity index (χ1v) is 6.61. The quantitative estimate of drug-likeness (QED) is 0.739. The summed E-state index contributed by atoms with van der Waals surface area (Å²) in [5.41, 5.74) is 2.20. The van der Waals surface area contributed by atoms with Crippen LogP contribution in [0.25, 0.3) is 0 Å². The van der Waals surface area contributed by atoms with Gasteiger partial charge in [-0.25, -0.2) is 0 Å². The fourth-order valence-electron chi connectivity index (χ4n) is 1.99. The van der Waals surface area contributed by atoms with Crippen LogP contribution in [-0.2, 0) is 20.7 Å². The number of nitrogens with one attached hydrogen (secondary N) is 2. The van der Waals surface area contributed by atoms with Gasteiger partial charge in [0, 0.05) is 6.54 Å². The first-order chi connectivity index (χ1) is 9.56. The van der Waals surface area contributed by atoms with E-state index < -0.39 is 0 Å². The molecule has 118 valence electrons. The monoisotopic (exact) mass is 314 g/mol. The predicted molar refractivity (Wildman–Crippen MR) is 84.6 cm³/mol. The van der Waals surface area contributed by atoms with Crippen LogP contribution in [0.5, 0.6) is 0 Å². The molecule has 2 N–H and O–H groups in total. The Hall–Kier alpha value is -1.59. The zero-order valence-corrected chi connectivity index (χ0v) is 13.5. The van der Waals surface area contributed by atoms with Crippen LogP contribution in [0.1, 0.15) is 11.1 Å². The summed E-state index contributed by atoms with van der Waals surface area (Å²) in [4.78, 5) is 23.2. The van der Waals surface area contributed by atoms with E-state index in [0.29, 0.717) is 6.42 Å². The number of rotatable bonds is 7. The number of esters is 1. The average molecular weight is 315 g/mol. The lowest BCUT2D eigenvalue weighted by atomic mass is 9.98. The minimum atomic E-state index is -0.373. The predicted octanol–water partition coefficient (Wildman–Crippen LogP) is 1.08. The van der Waals surface area contributed by atoms with Gasteiger partial charge in [-0.3, -0.25) is 9.59 Å². The van der Waals surface area contributed by atoms with Crippen molar-refractivity contribution in [3.63, 3.8) is 0 Å². The molecular weight excluding hydrogens is 292 g/mol. The van der Waals surface area contributed by atoms with Crippen LogP contribution in [-0.4, -0.2) is 39.1 Å². The molecular formula is C15H23ClN2O3. The van der Waals surface area contributed by atoms with E-state index in [2.05, 4.69) is 10.6 Å². The highest BCUT2D eigenvalue weighted by atomic mass is 35.5. The molecule has 0 bridgehead atoms. The molecule has 5 nitrogen and oxygen atoms in total. The molecule has 0 aliphatic carbocycles. The Kier molecular flexibility index (Phi) is 9.41. The van der Waals surface area contributed by atoms with Gasteiger partial charge in [0.2, 0.25) is 5.91 Å². The fourth-order valence-corrected chi connectivity index (χ4v) is 1.99. The molecule has 0 spiro atoms. The van der Waals surface area contributed by atoms with Gasteiger partial charge in [0.1, 0.15) is 0 Å². The van der Waals surface area contributed by atoms with Crippen molar-refractivity contribution in [1.29, 1.82) is 0 Å². The van der Waals surface area contributed by atoms with Crippen LogP contribution in [0.2, 0.25) is 0 Å². The van der Waals surface area contributed by atoms with Crippen LogP contribution in [0.4, 0.5) is 0 Å². The summed E-state index contributed by atoms with van der Waals surface area (Å²) < 4.78 is 4.80. The number of ether oxygens (including phenoxy) is 1. The number of amides is 1. The third-order valence-electron chi connectivity index (χ3n) is 2.98. The molecule has 0 saturated carbocycles. The molecule has 1 amide bonds. The second-order valence-electron chi connectivity index (χ2n) is 4.75. The average Bonchev–Trinajstić information content (AvgIpc) is 2.43. The Balaban J connectivity index is 0.00000400. The zero-order valence-electron chi connectivity index (χ0n) is 12.6. The van der Waals surface area contributed by atoms with Crippen LogP contribution in [0, 0.1) is 12.8 Å². The lowest BCUT2D eigenvalue weighted by Gasteiger charge is -2.16. The molecule has 0 saturated heterocycles. The summed E-state index contributed by atoms with van der Waals surface area (Å²) >= 11 is 0. The van der Waals surface area contributed by atoms with Gasteiger partial charge < -0.3 is 15.4 Å². The Bertz CT molecular complexity index is 466. The molecule has 0 aliphatic heterocycles. The van der Waals surface area contributed by atoms with E-state index in [9.17, 15) is 9.59 Å². The van der Waals surface area contributed by atoms with Crippen molar-refractivity contribution in [2.24, 2.45) is 5.92 Å². The standard InChI is InChI=1S/C15H22N2O3.ClH/c1-11-5-4-6-12(7-11)8-13(15(19)20-3)9-17-14(18)10-16-2;/h4-7,13,16H,8-10H2,1-3H3,(H,17,18);1H. The SMILES string of the molecule is CNCC(=O)NCC(Cc1cccc(C)c1)C(=O)OC.Cl. The molecule has 1 aromatic rings. The fraction of sp³-hybridized carbons (Fsp3) is 0.467. The van der Waals surface area contributed by atoms with Crippen molar-refractivity contribution in [2.75, 3.05) is 27.2 Å². The molecule has 1 atom stereocenters. The highest BCUT2D eigenvalue weighted by Gasteiger charge is 2.20. The number of carbonyl (C=O) groups excluding carboxylic acids is 2. The summed E-state index contributed by atoms with van der Waals surface area (Å²) in [7, 11) is 3.06. The van der Waals surface area contributed by atoms with Crippen molar-refractivity contribution >= 4 is 24.3 Å². The number of likely N-dealkylation sites (N-methyl/N-ethyl adjacent to an activating group) is 1. The Morgan fingerprint density at radius 3 is 2.62 bits per heavy atom. The maximum absolute atomic E-state index is 11.8. The van der Waals surface area contributed by atoms with Gasteiger partial charge in [0.05, 0.1) is 19.6 Å². The minimum Gasteiger partial charge on any atom is -0.469 e. The van der Waals surface area contributed by atoms with Crippen molar-refractivity contribution in [2.45, 2.75) is 13.3 Å². The number of halogens is 1. The number of benzene rings is 1. The number of hydrogen-bond donors (Lipinski definition) is 2. The maximum Gasteiger partial charge on any atom is 0.310 e. The first kappa shape index (κ1) is 19.4. The van der Waals surface area contributed by atoms with Crippen molar-refractivity contribution in [3.8, 4) is 0 Å². The second kappa shape index (κ2) is 10.2. The summed E-state index contributed by atoms with van der Waals surface area (Å²) in [5.74, 6) is -0.815. The molecule has 6 heteroatoms.